The van der Waals surface area contributed by atoms with Crippen molar-refractivity contribution in [1.82, 2.24) is 9.97 Å². The van der Waals surface area contributed by atoms with Crippen LogP contribution in [0.3, 0.4) is 0 Å². The highest BCUT2D eigenvalue weighted by molar-refractivity contribution is 5.90. The van der Waals surface area contributed by atoms with E-state index in [4.69, 9.17) is 14.7 Å². The Morgan fingerprint density at radius 2 is 1.73 bits per heavy atom. The number of methoxy groups -OCH3 is 1. The van der Waals surface area contributed by atoms with Crippen molar-refractivity contribution in [2.45, 2.75) is 25.8 Å². The monoisotopic (exact) mass is 348 g/mol. The quantitative estimate of drug-likeness (QED) is 0.747. The summed E-state index contributed by atoms with van der Waals surface area (Å²) >= 11 is 0. The third-order valence-electron chi connectivity index (χ3n) is 4.85. The van der Waals surface area contributed by atoms with E-state index in [-0.39, 0.29) is 0 Å². The fourth-order valence-corrected chi connectivity index (χ4v) is 3.36. The van der Waals surface area contributed by atoms with E-state index in [0.717, 1.165) is 41.5 Å². The van der Waals surface area contributed by atoms with Crippen LogP contribution >= 0.6 is 0 Å². The van der Waals surface area contributed by atoms with E-state index >= 15 is 0 Å². The Kier molecular flexibility index (Phi) is 4.86. The number of rotatable bonds is 5. The molecule has 1 N–H and O–H groups in total. The minimum Gasteiger partial charge on any atom is -0.497 e. The van der Waals surface area contributed by atoms with E-state index in [0.29, 0.717) is 6.54 Å². The van der Waals surface area contributed by atoms with Gasteiger partial charge in [0.2, 0.25) is 5.95 Å². The number of hydrogen-bond donors (Lipinski definition) is 1. The van der Waals surface area contributed by atoms with Crippen LogP contribution in [0.25, 0.3) is 10.9 Å². The second kappa shape index (κ2) is 7.60. The van der Waals surface area contributed by atoms with Gasteiger partial charge in [-0.15, -0.1) is 0 Å². The molecule has 26 heavy (non-hydrogen) atoms. The maximum absolute atomic E-state index is 5.23. The zero-order valence-electron chi connectivity index (χ0n) is 15.1. The van der Waals surface area contributed by atoms with Gasteiger partial charge in [-0.1, -0.05) is 24.3 Å². The largest absolute Gasteiger partial charge is 0.497 e. The molecule has 134 valence electrons. The molecule has 2 heterocycles. The number of benzene rings is 2. The van der Waals surface area contributed by atoms with Gasteiger partial charge in [0, 0.05) is 25.0 Å². The summed E-state index contributed by atoms with van der Waals surface area (Å²) in [4.78, 5) is 11.9. The first-order valence-corrected chi connectivity index (χ1v) is 9.22. The molecule has 5 nitrogen and oxygen atoms in total. The molecule has 0 spiro atoms. The Bertz CT molecular complexity index is 873. The predicted octanol–water partition coefficient (Wildman–Crippen LogP) is 4.24. The van der Waals surface area contributed by atoms with Crippen molar-refractivity contribution in [2.75, 3.05) is 30.4 Å². The minimum absolute atomic E-state index is 0.713. The number of para-hydroxylation sites is 1. The summed E-state index contributed by atoms with van der Waals surface area (Å²) in [6.07, 6.45) is 3.72. The van der Waals surface area contributed by atoms with Crippen LogP contribution in [-0.2, 0) is 6.54 Å². The Labute approximate surface area is 154 Å². The molecule has 1 aliphatic heterocycles. The van der Waals surface area contributed by atoms with Gasteiger partial charge < -0.3 is 15.0 Å². The van der Waals surface area contributed by atoms with Gasteiger partial charge in [-0.25, -0.2) is 4.98 Å². The molecule has 1 saturated heterocycles. The van der Waals surface area contributed by atoms with Gasteiger partial charge in [0.1, 0.15) is 11.6 Å². The molecule has 3 aromatic rings. The van der Waals surface area contributed by atoms with Crippen molar-refractivity contribution >= 4 is 22.7 Å². The fourth-order valence-electron chi connectivity index (χ4n) is 3.36. The predicted molar refractivity (Wildman–Crippen MR) is 106 cm³/mol. The topological polar surface area (TPSA) is 50.3 Å². The summed E-state index contributed by atoms with van der Waals surface area (Å²) in [5, 5.41) is 4.56. The Hall–Kier alpha value is -2.82. The lowest BCUT2D eigenvalue weighted by Crippen LogP contribution is -2.31. The maximum Gasteiger partial charge on any atom is 0.227 e. The van der Waals surface area contributed by atoms with E-state index in [9.17, 15) is 0 Å². The first-order valence-electron chi connectivity index (χ1n) is 9.22. The molecule has 0 amide bonds. The summed E-state index contributed by atoms with van der Waals surface area (Å²) in [7, 11) is 1.68. The Morgan fingerprint density at radius 1 is 0.962 bits per heavy atom. The molecule has 5 heteroatoms. The summed E-state index contributed by atoms with van der Waals surface area (Å²) in [6, 6.07) is 16.3. The fraction of sp³-hybridized carbons (Fsp3) is 0.333. The highest BCUT2D eigenvalue weighted by atomic mass is 16.5. The zero-order chi connectivity index (χ0) is 17.8. The molecule has 0 radical (unpaired) electrons. The molecule has 1 aromatic heterocycles. The number of nitrogens with one attached hydrogen (secondary N) is 1. The Balaban J connectivity index is 1.61. The lowest BCUT2D eigenvalue weighted by atomic mass is 10.1. The SMILES string of the molecule is COc1ccc(CNc2nc(N3CCCCC3)nc3ccccc23)cc1. The summed E-state index contributed by atoms with van der Waals surface area (Å²) in [5.74, 6) is 2.60. The van der Waals surface area contributed by atoms with Crippen molar-refractivity contribution in [2.24, 2.45) is 0 Å². The molecule has 0 atom stereocenters. The smallest absolute Gasteiger partial charge is 0.227 e. The van der Waals surface area contributed by atoms with Gasteiger partial charge in [0.25, 0.3) is 0 Å². The second-order valence-corrected chi connectivity index (χ2v) is 6.64. The van der Waals surface area contributed by atoms with E-state index < -0.39 is 0 Å². The van der Waals surface area contributed by atoms with Crippen LogP contribution in [0, 0.1) is 0 Å². The van der Waals surface area contributed by atoms with Gasteiger partial charge in [-0.05, 0) is 49.1 Å². The molecular formula is C21H24N4O. The van der Waals surface area contributed by atoms with E-state index in [1.165, 1.54) is 24.8 Å². The highest BCUT2D eigenvalue weighted by Gasteiger charge is 2.16. The molecule has 1 fully saturated rings. The van der Waals surface area contributed by atoms with Gasteiger partial charge in [-0.3, -0.25) is 0 Å². The first kappa shape index (κ1) is 16.6. The number of ether oxygens (including phenoxy) is 1. The summed E-state index contributed by atoms with van der Waals surface area (Å²) in [5.41, 5.74) is 2.17. The molecule has 0 saturated carbocycles. The second-order valence-electron chi connectivity index (χ2n) is 6.64. The molecule has 4 rings (SSSR count). The van der Waals surface area contributed by atoms with Crippen molar-refractivity contribution < 1.29 is 4.74 Å². The van der Waals surface area contributed by atoms with Gasteiger partial charge in [0.05, 0.1) is 12.6 Å². The number of anilines is 2. The number of aromatic nitrogens is 2. The van der Waals surface area contributed by atoms with E-state index in [1.807, 2.05) is 24.3 Å². The number of hydrogen-bond acceptors (Lipinski definition) is 5. The molecule has 0 bridgehead atoms. The minimum atomic E-state index is 0.713. The van der Waals surface area contributed by atoms with Crippen molar-refractivity contribution in [3.05, 3.63) is 54.1 Å². The summed E-state index contributed by atoms with van der Waals surface area (Å²) in [6.45, 7) is 2.79. The van der Waals surface area contributed by atoms with Crippen molar-refractivity contribution in [1.29, 1.82) is 0 Å². The van der Waals surface area contributed by atoms with E-state index in [1.54, 1.807) is 7.11 Å². The van der Waals surface area contributed by atoms with Crippen molar-refractivity contribution in [3.8, 4) is 5.75 Å². The van der Waals surface area contributed by atoms with Crippen LogP contribution in [0.4, 0.5) is 11.8 Å². The Morgan fingerprint density at radius 3 is 2.50 bits per heavy atom. The van der Waals surface area contributed by atoms with Crippen LogP contribution in [0.5, 0.6) is 5.75 Å². The number of nitrogens with zero attached hydrogens (tertiary/aromatic N) is 3. The van der Waals surface area contributed by atoms with Crippen LogP contribution in [0.1, 0.15) is 24.8 Å². The van der Waals surface area contributed by atoms with Gasteiger partial charge in [-0.2, -0.15) is 4.98 Å². The average Bonchev–Trinajstić information content (AvgIpc) is 2.73. The van der Waals surface area contributed by atoms with Crippen molar-refractivity contribution in [3.63, 3.8) is 0 Å². The van der Waals surface area contributed by atoms with Crippen LogP contribution < -0.4 is 15.0 Å². The third kappa shape index (κ3) is 3.57. The number of piperidine rings is 1. The molecule has 0 unspecified atom stereocenters. The molecular weight excluding hydrogens is 324 g/mol. The van der Waals surface area contributed by atoms with Gasteiger partial charge >= 0.3 is 0 Å². The normalized spacial score (nSPS) is 14.4. The standard InChI is InChI=1S/C21H24N4O/c1-26-17-11-9-16(10-12-17)15-22-20-18-7-3-4-8-19(18)23-21(24-20)25-13-5-2-6-14-25/h3-4,7-12H,2,5-6,13-15H2,1H3,(H,22,23,24). The first-order chi connectivity index (χ1) is 12.8. The molecule has 1 aliphatic rings. The average molecular weight is 348 g/mol. The molecule has 2 aromatic carbocycles. The maximum atomic E-state index is 5.23. The molecule has 0 aliphatic carbocycles. The van der Waals surface area contributed by atoms with Crippen LogP contribution in [0.2, 0.25) is 0 Å². The third-order valence-corrected chi connectivity index (χ3v) is 4.85. The van der Waals surface area contributed by atoms with E-state index in [2.05, 4.69) is 34.5 Å². The number of fused-ring (bicyclic) bond motifs is 1. The van der Waals surface area contributed by atoms with Gasteiger partial charge in [0.15, 0.2) is 0 Å². The van der Waals surface area contributed by atoms with Crippen LogP contribution in [0.15, 0.2) is 48.5 Å². The lowest BCUT2D eigenvalue weighted by molar-refractivity contribution is 0.414. The van der Waals surface area contributed by atoms with Crippen LogP contribution in [-0.4, -0.2) is 30.2 Å². The highest BCUT2D eigenvalue weighted by Crippen LogP contribution is 2.25. The lowest BCUT2D eigenvalue weighted by Gasteiger charge is -2.27. The summed E-state index contributed by atoms with van der Waals surface area (Å²) < 4.78 is 5.23. The zero-order valence-corrected chi connectivity index (χ0v) is 15.1.